The number of carbonyl (C=O) groups is 1. The highest BCUT2D eigenvalue weighted by Crippen LogP contribution is 2.29. The van der Waals surface area contributed by atoms with Crippen molar-refractivity contribution in [3.05, 3.63) is 23.8 Å². The van der Waals surface area contributed by atoms with Crippen molar-refractivity contribution >= 4 is 17.3 Å². The van der Waals surface area contributed by atoms with Crippen LogP contribution in [0.1, 0.15) is 30.6 Å². The van der Waals surface area contributed by atoms with Gasteiger partial charge in [0.25, 0.3) is 0 Å². The number of anilines is 2. The molecular formula is C16H25N3O2. The summed E-state index contributed by atoms with van der Waals surface area (Å²) in [5.74, 6) is -0.349. The van der Waals surface area contributed by atoms with Gasteiger partial charge < -0.3 is 15.4 Å². The van der Waals surface area contributed by atoms with Crippen molar-refractivity contribution in [3.63, 3.8) is 0 Å². The zero-order valence-electron chi connectivity index (χ0n) is 13.1. The summed E-state index contributed by atoms with van der Waals surface area (Å²) in [6.45, 7) is 7.21. The minimum atomic E-state index is -0.349. The number of nitrogen functional groups attached to an aromatic ring is 1. The van der Waals surface area contributed by atoms with Gasteiger partial charge in [0.05, 0.1) is 23.5 Å². The third-order valence-corrected chi connectivity index (χ3v) is 4.17. The molecule has 5 heteroatoms. The van der Waals surface area contributed by atoms with Crippen LogP contribution in [0.4, 0.5) is 11.4 Å². The molecule has 2 N–H and O–H groups in total. The minimum Gasteiger partial charge on any atom is -0.462 e. The summed E-state index contributed by atoms with van der Waals surface area (Å²) in [7, 11) is 2.16. The standard InChI is InChI=1S/C16H25N3O2/c1-4-12-11-19(10-9-18(12)3)14-8-6-7-13(15(14)17)16(20)21-5-2/h6-8,12H,4-5,9-11,17H2,1-3H3. The maximum atomic E-state index is 11.9. The van der Waals surface area contributed by atoms with Gasteiger partial charge in [-0.05, 0) is 32.5 Å². The van der Waals surface area contributed by atoms with Crippen LogP contribution in [0.5, 0.6) is 0 Å². The highest BCUT2D eigenvalue weighted by Gasteiger charge is 2.25. The van der Waals surface area contributed by atoms with Gasteiger partial charge in [0.2, 0.25) is 0 Å². The molecule has 1 aromatic carbocycles. The van der Waals surface area contributed by atoms with Crippen LogP contribution in [0, 0.1) is 0 Å². The average molecular weight is 291 g/mol. The number of nitrogens with two attached hydrogens (primary N) is 1. The molecule has 0 spiro atoms. The van der Waals surface area contributed by atoms with Crippen molar-refractivity contribution in [2.24, 2.45) is 0 Å². The van der Waals surface area contributed by atoms with Crippen LogP contribution in [0.2, 0.25) is 0 Å². The van der Waals surface area contributed by atoms with Crippen molar-refractivity contribution in [3.8, 4) is 0 Å². The Morgan fingerprint density at radius 2 is 2.14 bits per heavy atom. The van der Waals surface area contributed by atoms with Crippen molar-refractivity contribution in [1.82, 2.24) is 4.90 Å². The molecule has 1 heterocycles. The van der Waals surface area contributed by atoms with Crippen LogP contribution in [-0.4, -0.2) is 50.2 Å². The van der Waals surface area contributed by atoms with Crippen LogP contribution in [0.15, 0.2) is 18.2 Å². The Balaban J connectivity index is 2.24. The minimum absolute atomic E-state index is 0.349. The third kappa shape index (κ3) is 3.29. The first-order chi connectivity index (χ1) is 10.1. The molecule has 21 heavy (non-hydrogen) atoms. The summed E-state index contributed by atoms with van der Waals surface area (Å²) >= 11 is 0. The van der Waals surface area contributed by atoms with Crippen LogP contribution in [0.25, 0.3) is 0 Å². The van der Waals surface area contributed by atoms with E-state index in [4.69, 9.17) is 10.5 Å². The van der Waals surface area contributed by atoms with E-state index in [0.717, 1.165) is 31.7 Å². The number of likely N-dealkylation sites (N-methyl/N-ethyl adjacent to an activating group) is 1. The van der Waals surface area contributed by atoms with Crippen LogP contribution in [-0.2, 0) is 4.74 Å². The fourth-order valence-electron chi connectivity index (χ4n) is 2.82. The molecule has 0 radical (unpaired) electrons. The average Bonchev–Trinajstić information content (AvgIpc) is 2.48. The number of carbonyl (C=O) groups excluding carboxylic acids is 1. The first-order valence-corrected chi connectivity index (χ1v) is 7.59. The molecule has 0 aliphatic carbocycles. The van der Waals surface area contributed by atoms with Crippen LogP contribution >= 0.6 is 0 Å². The van der Waals surface area contributed by atoms with E-state index in [1.54, 1.807) is 13.0 Å². The highest BCUT2D eigenvalue weighted by molar-refractivity contribution is 5.98. The van der Waals surface area contributed by atoms with Crippen molar-refractivity contribution in [2.45, 2.75) is 26.3 Å². The van der Waals surface area contributed by atoms with Crippen molar-refractivity contribution < 1.29 is 9.53 Å². The predicted molar refractivity (Wildman–Crippen MR) is 85.7 cm³/mol. The Morgan fingerprint density at radius 1 is 1.38 bits per heavy atom. The summed E-state index contributed by atoms with van der Waals surface area (Å²) in [6, 6.07) is 6.10. The van der Waals surface area contributed by atoms with E-state index >= 15 is 0 Å². The third-order valence-electron chi connectivity index (χ3n) is 4.17. The Hall–Kier alpha value is -1.75. The lowest BCUT2D eigenvalue weighted by atomic mass is 10.1. The molecule has 1 aliphatic rings. The summed E-state index contributed by atoms with van der Waals surface area (Å²) in [5, 5.41) is 0. The van der Waals surface area contributed by atoms with Crippen LogP contribution < -0.4 is 10.6 Å². The SMILES string of the molecule is CCOC(=O)c1cccc(N2CCN(C)C(CC)C2)c1N. The van der Waals surface area contributed by atoms with E-state index in [-0.39, 0.29) is 5.97 Å². The molecule has 0 aromatic heterocycles. The van der Waals surface area contributed by atoms with E-state index < -0.39 is 0 Å². The van der Waals surface area contributed by atoms with Gasteiger partial charge in [-0.25, -0.2) is 4.79 Å². The van der Waals surface area contributed by atoms with E-state index in [0.29, 0.717) is 23.9 Å². The Bertz CT molecular complexity index is 504. The summed E-state index contributed by atoms with van der Waals surface area (Å²) < 4.78 is 5.06. The van der Waals surface area contributed by atoms with E-state index in [2.05, 4.69) is 23.8 Å². The topological polar surface area (TPSA) is 58.8 Å². The second kappa shape index (κ2) is 6.80. The lowest BCUT2D eigenvalue weighted by Gasteiger charge is -2.40. The molecule has 1 atom stereocenters. The maximum absolute atomic E-state index is 11.9. The van der Waals surface area contributed by atoms with Crippen molar-refractivity contribution in [1.29, 1.82) is 0 Å². The zero-order valence-corrected chi connectivity index (χ0v) is 13.1. The maximum Gasteiger partial charge on any atom is 0.340 e. The lowest BCUT2D eigenvalue weighted by molar-refractivity contribution is 0.0527. The van der Waals surface area contributed by atoms with Gasteiger partial charge in [0.1, 0.15) is 0 Å². The molecule has 2 rings (SSSR count). The fraction of sp³-hybridized carbons (Fsp3) is 0.562. The Kier molecular flexibility index (Phi) is 5.07. The van der Waals surface area contributed by atoms with E-state index in [9.17, 15) is 4.79 Å². The molecule has 1 aromatic rings. The van der Waals surface area contributed by atoms with Gasteiger partial charge in [-0.15, -0.1) is 0 Å². The molecule has 1 saturated heterocycles. The van der Waals surface area contributed by atoms with Crippen molar-refractivity contribution in [2.75, 3.05) is 43.9 Å². The number of nitrogens with zero attached hydrogens (tertiary/aromatic N) is 2. The number of hydrogen-bond donors (Lipinski definition) is 1. The first kappa shape index (κ1) is 15.6. The van der Waals surface area contributed by atoms with Gasteiger partial charge in [-0.3, -0.25) is 4.90 Å². The number of piperazine rings is 1. The molecule has 1 unspecified atom stereocenters. The van der Waals surface area contributed by atoms with Gasteiger partial charge in [-0.2, -0.15) is 0 Å². The number of esters is 1. The Morgan fingerprint density at radius 3 is 2.81 bits per heavy atom. The number of hydrogen-bond acceptors (Lipinski definition) is 5. The molecular weight excluding hydrogens is 266 g/mol. The van der Waals surface area contributed by atoms with Gasteiger partial charge in [-0.1, -0.05) is 13.0 Å². The predicted octanol–water partition coefficient (Wildman–Crippen LogP) is 1.98. The second-order valence-corrected chi connectivity index (χ2v) is 5.45. The number of rotatable bonds is 4. The number of benzene rings is 1. The monoisotopic (exact) mass is 291 g/mol. The Labute approximate surface area is 126 Å². The molecule has 1 aliphatic heterocycles. The van der Waals surface area contributed by atoms with Gasteiger partial charge in [0, 0.05) is 25.7 Å². The summed E-state index contributed by atoms with van der Waals surface area (Å²) in [4.78, 5) is 16.6. The molecule has 1 fully saturated rings. The zero-order chi connectivity index (χ0) is 15.4. The first-order valence-electron chi connectivity index (χ1n) is 7.59. The highest BCUT2D eigenvalue weighted by atomic mass is 16.5. The molecule has 5 nitrogen and oxygen atoms in total. The quantitative estimate of drug-likeness (QED) is 0.679. The summed E-state index contributed by atoms with van der Waals surface area (Å²) in [6.07, 6.45) is 1.10. The van der Waals surface area contributed by atoms with Gasteiger partial charge in [0.15, 0.2) is 0 Å². The largest absolute Gasteiger partial charge is 0.462 e. The second-order valence-electron chi connectivity index (χ2n) is 5.45. The summed E-state index contributed by atoms with van der Waals surface area (Å²) in [5.41, 5.74) is 8.13. The lowest BCUT2D eigenvalue weighted by Crippen LogP contribution is -2.51. The molecule has 116 valence electrons. The molecule has 0 amide bonds. The van der Waals surface area contributed by atoms with E-state index in [1.165, 1.54) is 0 Å². The number of para-hydroxylation sites is 1. The fourth-order valence-corrected chi connectivity index (χ4v) is 2.82. The van der Waals surface area contributed by atoms with E-state index in [1.807, 2.05) is 12.1 Å². The molecule has 0 bridgehead atoms. The molecule has 0 saturated carbocycles. The normalized spacial score (nSPS) is 19.6. The van der Waals surface area contributed by atoms with Crippen LogP contribution in [0.3, 0.4) is 0 Å². The van der Waals surface area contributed by atoms with Gasteiger partial charge >= 0.3 is 5.97 Å². The number of ether oxygens (including phenoxy) is 1. The smallest absolute Gasteiger partial charge is 0.340 e.